The minimum absolute atomic E-state index is 0.243. The minimum atomic E-state index is -0.719. The van der Waals surface area contributed by atoms with Gasteiger partial charge in [-0.3, -0.25) is 4.79 Å². The van der Waals surface area contributed by atoms with Gasteiger partial charge in [-0.25, -0.2) is 0 Å². The lowest BCUT2D eigenvalue weighted by atomic mass is 9.75. The van der Waals surface area contributed by atoms with E-state index in [2.05, 4.69) is 12.2 Å². The number of fused-ring (bicyclic) bond motifs is 5. The molecule has 0 aromatic heterocycles. The fourth-order valence-electron chi connectivity index (χ4n) is 4.80. The summed E-state index contributed by atoms with van der Waals surface area (Å²) in [6.07, 6.45) is 11.7. The molecule has 3 fully saturated rings. The molecule has 1 aromatic carbocycles. The largest absolute Gasteiger partial charge is 0.494 e. The highest BCUT2D eigenvalue weighted by molar-refractivity contribution is 5.66. The van der Waals surface area contributed by atoms with E-state index >= 15 is 0 Å². The van der Waals surface area contributed by atoms with E-state index in [-0.39, 0.29) is 18.6 Å². The third-order valence-corrected chi connectivity index (χ3v) is 6.20. The van der Waals surface area contributed by atoms with Crippen molar-refractivity contribution in [3.63, 3.8) is 0 Å². The van der Waals surface area contributed by atoms with Gasteiger partial charge in [0.2, 0.25) is 0 Å². The van der Waals surface area contributed by atoms with Gasteiger partial charge >= 0.3 is 5.97 Å². The Hall–Kier alpha value is -1.85. The van der Waals surface area contributed by atoms with Gasteiger partial charge in [0.25, 0.3) is 0 Å². The highest BCUT2D eigenvalue weighted by Gasteiger charge is 2.68. The monoisotopic (exact) mass is 386 g/mol. The Labute approximate surface area is 166 Å². The Morgan fingerprint density at radius 1 is 0.964 bits per heavy atom. The van der Waals surface area contributed by atoms with E-state index in [0.717, 1.165) is 44.5 Å². The lowest BCUT2D eigenvalue weighted by Crippen LogP contribution is -2.32. The van der Waals surface area contributed by atoms with E-state index in [0.29, 0.717) is 30.5 Å². The standard InChI is InChI=1S/C23H30O5/c24-19(25)14-7-2-1-6-12-17-18(21-23-22(28-23)20(17)27-21)13-8-9-15-26-16-10-4-3-5-11-16/h1,3-6,10-11,17-18,20-23H,2,7-9,12-15H2,(H,24,25)/b6-1-/t17-,18+,20+,21-,22-,23+/m0/s1. The predicted molar refractivity (Wildman–Crippen MR) is 105 cm³/mol. The van der Waals surface area contributed by atoms with E-state index < -0.39 is 5.97 Å². The number of carboxylic acid groups (broad SMARTS) is 1. The van der Waals surface area contributed by atoms with Crippen molar-refractivity contribution < 1.29 is 24.1 Å². The number of aliphatic carboxylic acids is 1. The summed E-state index contributed by atoms with van der Waals surface area (Å²) in [5.74, 6) is 1.31. The van der Waals surface area contributed by atoms with E-state index in [9.17, 15) is 4.79 Å². The number of ether oxygens (including phenoxy) is 3. The number of hydrogen-bond donors (Lipinski definition) is 1. The Bertz CT molecular complexity index is 673. The number of unbranched alkanes of at least 4 members (excludes halogenated alkanes) is 2. The number of benzene rings is 1. The van der Waals surface area contributed by atoms with Gasteiger partial charge in [0, 0.05) is 6.42 Å². The number of carboxylic acids is 1. The third kappa shape index (κ3) is 4.58. The number of rotatable bonds is 12. The molecule has 0 amide bonds. The van der Waals surface area contributed by atoms with Crippen molar-refractivity contribution in [3.8, 4) is 5.75 Å². The SMILES string of the molecule is O=C(O)CCC/C=C\C[C@H]1[C@@H](CCCCOc2ccccc2)[C@@H]2O[C@H]1[C@@H]1O[C@@H]12. The van der Waals surface area contributed by atoms with Crippen molar-refractivity contribution in [2.75, 3.05) is 6.61 Å². The van der Waals surface area contributed by atoms with Crippen molar-refractivity contribution >= 4 is 5.97 Å². The summed E-state index contributed by atoms with van der Waals surface area (Å²) in [5, 5.41) is 8.70. The average molecular weight is 386 g/mol. The summed E-state index contributed by atoms with van der Waals surface area (Å²) in [4.78, 5) is 10.6. The molecule has 0 radical (unpaired) electrons. The Kier molecular flexibility index (Phi) is 6.33. The zero-order chi connectivity index (χ0) is 19.3. The zero-order valence-electron chi connectivity index (χ0n) is 16.2. The smallest absolute Gasteiger partial charge is 0.303 e. The highest BCUT2D eigenvalue weighted by atomic mass is 16.7. The van der Waals surface area contributed by atoms with Gasteiger partial charge in [0.1, 0.15) is 18.0 Å². The normalized spacial score (nSPS) is 32.6. The molecule has 0 spiro atoms. The lowest BCUT2D eigenvalue weighted by Gasteiger charge is -2.25. The summed E-state index contributed by atoms with van der Waals surface area (Å²) in [5.41, 5.74) is 0. The maximum atomic E-state index is 10.6. The number of epoxide rings is 1. The van der Waals surface area contributed by atoms with Crippen LogP contribution < -0.4 is 4.74 Å². The Balaban J connectivity index is 1.19. The van der Waals surface area contributed by atoms with Crippen LogP contribution in [0.4, 0.5) is 0 Å². The van der Waals surface area contributed by atoms with E-state index in [4.69, 9.17) is 19.3 Å². The first-order chi connectivity index (χ1) is 13.7. The van der Waals surface area contributed by atoms with Gasteiger partial charge in [-0.15, -0.1) is 0 Å². The van der Waals surface area contributed by atoms with Gasteiger partial charge in [0.15, 0.2) is 0 Å². The molecule has 5 heteroatoms. The molecule has 2 bridgehead atoms. The fourth-order valence-corrected chi connectivity index (χ4v) is 4.80. The summed E-state index contributed by atoms with van der Waals surface area (Å²) < 4.78 is 17.8. The molecule has 1 N–H and O–H groups in total. The summed E-state index contributed by atoms with van der Waals surface area (Å²) in [6, 6.07) is 9.97. The molecule has 28 heavy (non-hydrogen) atoms. The minimum Gasteiger partial charge on any atom is -0.494 e. The van der Waals surface area contributed by atoms with Crippen molar-refractivity contribution in [2.24, 2.45) is 11.8 Å². The highest BCUT2D eigenvalue weighted by Crippen LogP contribution is 2.56. The van der Waals surface area contributed by atoms with Crippen LogP contribution in [0.15, 0.2) is 42.5 Å². The van der Waals surface area contributed by atoms with Gasteiger partial charge in [0.05, 0.1) is 18.8 Å². The van der Waals surface area contributed by atoms with Gasteiger partial charge in [-0.05, 0) is 62.5 Å². The number of carbonyl (C=O) groups is 1. The van der Waals surface area contributed by atoms with Crippen molar-refractivity contribution in [1.29, 1.82) is 0 Å². The molecule has 3 saturated heterocycles. The Morgan fingerprint density at radius 2 is 1.71 bits per heavy atom. The second kappa shape index (κ2) is 9.10. The van der Waals surface area contributed by atoms with Crippen molar-refractivity contribution in [1.82, 2.24) is 0 Å². The second-order valence-electron chi connectivity index (χ2n) is 8.11. The molecule has 1 aromatic rings. The predicted octanol–water partition coefficient (Wildman–Crippen LogP) is 4.22. The van der Waals surface area contributed by atoms with Crippen LogP contribution in [0.2, 0.25) is 0 Å². The molecule has 0 aliphatic carbocycles. The van der Waals surface area contributed by atoms with E-state index in [1.165, 1.54) is 0 Å². The summed E-state index contributed by atoms with van der Waals surface area (Å²) >= 11 is 0. The maximum Gasteiger partial charge on any atom is 0.303 e. The van der Waals surface area contributed by atoms with Crippen LogP contribution in [0.3, 0.4) is 0 Å². The van der Waals surface area contributed by atoms with Crippen LogP contribution in [0.25, 0.3) is 0 Å². The molecule has 3 aliphatic rings. The zero-order valence-corrected chi connectivity index (χ0v) is 16.2. The first kappa shape index (κ1) is 19.5. The van der Waals surface area contributed by atoms with Crippen LogP contribution in [0.5, 0.6) is 5.75 Å². The molecule has 0 saturated carbocycles. The van der Waals surface area contributed by atoms with Crippen LogP contribution >= 0.6 is 0 Å². The van der Waals surface area contributed by atoms with Crippen molar-refractivity contribution in [2.45, 2.75) is 69.4 Å². The third-order valence-electron chi connectivity index (χ3n) is 6.20. The lowest BCUT2D eigenvalue weighted by molar-refractivity contribution is -0.137. The average Bonchev–Trinajstić information content (AvgIpc) is 3.32. The molecule has 3 heterocycles. The molecular formula is C23H30O5. The quantitative estimate of drug-likeness (QED) is 0.331. The maximum absolute atomic E-state index is 10.6. The first-order valence-corrected chi connectivity index (χ1v) is 10.6. The van der Waals surface area contributed by atoms with E-state index in [1.807, 2.05) is 30.3 Å². The number of para-hydroxylation sites is 1. The molecule has 6 atom stereocenters. The molecule has 152 valence electrons. The summed E-state index contributed by atoms with van der Waals surface area (Å²) in [6.45, 7) is 0.752. The van der Waals surface area contributed by atoms with E-state index in [1.54, 1.807) is 0 Å². The Morgan fingerprint density at radius 3 is 2.50 bits per heavy atom. The molecule has 3 aliphatic heterocycles. The fraction of sp³-hybridized carbons (Fsp3) is 0.609. The number of allylic oxidation sites excluding steroid dienone is 2. The van der Waals surface area contributed by atoms with Crippen LogP contribution in [-0.4, -0.2) is 42.1 Å². The topological polar surface area (TPSA) is 68.3 Å². The molecular weight excluding hydrogens is 356 g/mol. The van der Waals surface area contributed by atoms with Crippen molar-refractivity contribution in [3.05, 3.63) is 42.5 Å². The first-order valence-electron chi connectivity index (χ1n) is 10.6. The molecule has 5 nitrogen and oxygen atoms in total. The van der Waals surface area contributed by atoms with Gasteiger partial charge in [-0.1, -0.05) is 30.4 Å². The molecule has 0 unspecified atom stereocenters. The summed E-state index contributed by atoms with van der Waals surface area (Å²) in [7, 11) is 0. The van der Waals surface area contributed by atoms with Crippen LogP contribution in [0.1, 0.15) is 44.9 Å². The molecule has 4 rings (SSSR count). The van der Waals surface area contributed by atoms with Crippen LogP contribution in [0, 0.1) is 11.8 Å². The van der Waals surface area contributed by atoms with Gasteiger partial charge < -0.3 is 19.3 Å². The van der Waals surface area contributed by atoms with Gasteiger partial charge in [-0.2, -0.15) is 0 Å². The number of hydrogen-bond acceptors (Lipinski definition) is 4. The van der Waals surface area contributed by atoms with Crippen LogP contribution in [-0.2, 0) is 14.3 Å². The second-order valence-corrected chi connectivity index (χ2v) is 8.11.